The summed E-state index contributed by atoms with van der Waals surface area (Å²) in [4.78, 5) is 27.8. The number of fused-ring (bicyclic) bond motifs is 4. The second kappa shape index (κ2) is 44.3. The zero-order valence-corrected chi connectivity index (χ0v) is 70.4. The van der Waals surface area contributed by atoms with Crippen molar-refractivity contribution in [2.45, 2.75) is 114 Å². The first-order valence-corrected chi connectivity index (χ1v) is 34.6. The number of benzene rings is 9. The van der Waals surface area contributed by atoms with Gasteiger partial charge in [-0.25, -0.2) is 39.9 Å². The SMILES string of the molecule is CCc1cccc(CC)c1N=Cc1ccc2cccc([O-])c2[nH+]1.CCc1cccc(CC)c1[NH+]=Cc1ccc2cccc([O-])c2[nH+]1.CCc1cccc(CC)c1[NH+]=Cc1ccc2cccc([O-])c2[nH+]1.CCc1cccc(CC)c1[NH+]=Cc1ccc2cccc([O-])c2[nH+]1.Cc1ccccc1.[Na+].[Na+].[Na+].[Na+]. The van der Waals surface area contributed by atoms with Crippen molar-refractivity contribution in [1.29, 1.82) is 0 Å². The molecule has 0 saturated heterocycles. The van der Waals surface area contributed by atoms with E-state index in [0.717, 1.165) is 101 Å². The van der Waals surface area contributed by atoms with Crippen LogP contribution in [0.15, 0.2) is 229 Å². The zero-order valence-electron chi connectivity index (χ0n) is 62.4. The van der Waals surface area contributed by atoms with Crippen LogP contribution in [0.2, 0.25) is 0 Å². The van der Waals surface area contributed by atoms with E-state index in [9.17, 15) is 20.4 Å². The summed E-state index contributed by atoms with van der Waals surface area (Å²) >= 11 is 0. The van der Waals surface area contributed by atoms with E-state index >= 15 is 0 Å². The van der Waals surface area contributed by atoms with E-state index in [4.69, 9.17) is 4.99 Å². The molecule has 13 aromatic rings. The number of hydrogen-bond acceptors (Lipinski definition) is 5. The fourth-order valence-corrected chi connectivity index (χ4v) is 11.9. The zero-order chi connectivity index (χ0) is 70.0. The topological polar surface area (TPSA) is 203 Å². The Morgan fingerprint density at radius 3 is 0.777 bits per heavy atom. The summed E-state index contributed by atoms with van der Waals surface area (Å²) in [6, 6.07) is 72.7. The summed E-state index contributed by atoms with van der Waals surface area (Å²) in [5.74, 6) is 0.0452. The van der Waals surface area contributed by atoms with Crippen LogP contribution in [0.5, 0.6) is 23.0 Å². The Labute approximate surface area is 696 Å². The average Bonchev–Trinajstić information content (AvgIpc) is 0.843. The Balaban J connectivity index is 0.000000236. The van der Waals surface area contributed by atoms with E-state index < -0.39 is 0 Å². The van der Waals surface area contributed by atoms with Gasteiger partial charge in [0.2, 0.25) is 63.5 Å². The number of aromatic amines is 4. The van der Waals surface area contributed by atoms with Gasteiger partial charge in [-0.1, -0.05) is 213 Å². The number of aromatic nitrogens is 4. The molecular weight excluding hydrogens is 1310 g/mol. The molecule has 7 N–H and O–H groups in total. The number of aryl methyl sites for hydroxylation is 9. The molecule has 0 amide bonds. The molecule has 0 bridgehead atoms. The minimum absolute atomic E-state index is 0. The van der Waals surface area contributed by atoms with Gasteiger partial charge in [0, 0.05) is 79.2 Å². The Bertz CT molecular complexity index is 4330. The van der Waals surface area contributed by atoms with Crippen molar-refractivity contribution in [3.05, 3.63) is 297 Å². The van der Waals surface area contributed by atoms with E-state index in [1.807, 2.05) is 110 Å². The van der Waals surface area contributed by atoms with Crippen molar-refractivity contribution in [3.63, 3.8) is 0 Å². The number of aliphatic imine (C=N–C) groups is 1. The Hall–Kier alpha value is -7.50. The van der Waals surface area contributed by atoms with Gasteiger partial charge < -0.3 is 20.4 Å². The summed E-state index contributed by atoms with van der Waals surface area (Å²) in [7, 11) is 0. The van der Waals surface area contributed by atoms with Gasteiger partial charge in [0.15, 0.2) is 0 Å². The summed E-state index contributed by atoms with van der Waals surface area (Å²) in [6.07, 6.45) is 15.4. The molecule has 9 aromatic carbocycles. The van der Waals surface area contributed by atoms with E-state index in [-0.39, 0.29) is 141 Å². The van der Waals surface area contributed by atoms with E-state index in [1.54, 1.807) is 54.7 Å². The second-order valence-corrected chi connectivity index (χ2v) is 23.9. The smallest absolute Gasteiger partial charge is 0.868 e. The van der Waals surface area contributed by atoms with Gasteiger partial charge in [-0.05, 0) is 141 Å². The summed E-state index contributed by atoms with van der Waals surface area (Å²) in [5, 5.41) is 51.5. The van der Waals surface area contributed by atoms with Crippen molar-refractivity contribution in [3.8, 4) is 23.0 Å². The van der Waals surface area contributed by atoms with Gasteiger partial charge in [0.05, 0.1) is 11.9 Å². The maximum Gasteiger partial charge on any atom is 1.00 e. The normalized spacial score (nSPS) is 10.8. The minimum atomic E-state index is 0. The van der Waals surface area contributed by atoms with Gasteiger partial charge in [0.25, 0.3) is 17.1 Å². The van der Waals surface area contributed by atoms with E-state index in [1.165, 1.54) is 67.1 Å². The van der Waals surface area contributed by atoms with Crippen molar-refractivity contribution < 1.29 is 174 Å². The first-order chi connectivity index (χ1) is 48.3. The number of pyridine rings is 4. The summed E-state index contributed by atoms with van der Waals surface area (Å²) in [5.41, 5.74) is 22.2. The molecular formula is C87H91N8Na4O4+7. The van der Waals surface area contributed by atoms with E-state index in [0.29, 0.717) is 22.1 Å². The van der Waals surface area contributed by atoms with Crippen LogP contribution in [0, 0.1) is 6.92 Å². The molecule has 4 aromatic heterocycles. The molecule has 16 heteroatoms. The molecule has 0 aliphatic rings. The van der Waals surface area contributed by atoms with Crippen LogP contribution in [0.25, 0.3) is 43.6 Å². The molecule has 103 heavy (non-hydrogen) atoms. The van der Waals surface area contributed by atoms with Gasteiger partial charge in [-0.15, -0.1) is 0 Å². The van der Waals surface area contributed by atoms with E-state index in [2.05, 4.69) is 182 Å². The minimum Gasteiger partial charge on any atom is -0.868 e. The van der Waals surface area contributed by atoms with Gasteiger partial charge in [-0.3, -0.25) is 0 Å². The summed E-state index contributed by atoms with van der Waals surface area (Å²) < 4.78 is 0. The molecule has 0 spiro atoms. The second-order valence-electron chi connectivity index (χ2n) is 23.9. The number of nitrogens with zero attached hydrogens (tertiary/aromatic N) is 1. The van der Waals surface area contributed by atoms with Gasteiger partial charge in [-0.2, -0.15) is 0 Å². The molecule has 0 radical (unpaired) electrons. The molecule has 13 rings (SSSR count). The van der Waals surface area contributed by atoms with Crippen molar-refractivity contribution in [2.24, 2.45) is 4.99 Å². The monoisotopic (exact) mass is 1400 g/mol. The van der Waals surface area contributed by atoms with Crippen molar-refractivity contribution in [1.82, 2.24) is 0 Å². The fraction of sp³-hybridized carbons (Fsp3) is 0.195. The third-order valence-corrected chi connectivity index (χ3v) is 17.4. The molecule has 0 fully saturated rings. The van der Waals surface area contributed by atoms with Crippen LogP contribution < -0.4 is 174 Å². The standard InChI is InChI=1S/4C20H20N2O.C7H8.4Na/c4*1-3-14-7-5-8-15(4-2)19(14)21-13-17-12-11-16-9-6-10-18(23)20(16)22-17;1-7-5-3-2-4-6-7;;;;/h4*5-13,23H,3-4H2,1-2H3;2-6H,1H3;;;;/q;;;;;4*+1/p+3. The Kier molecular flexibility index (Phi) is 37.1. The predicted octanol–water partition coefficient (Wildman–Crippen LogP) is -1.34. The molecule has 4 heterocycles. The van der Waals surface area contributed by atoms with Crippen LogP contribution in [0.4, 0.5) is 22.7 Å². The van der Waals surface area contributed by atoms with Crippen LogP contribution >= 0.6 is 0 Å². The molecule has 0 unspecified atom stereocenters. The Morgan fingerprint density at radius 2 is 0.524 bits per heavy atom. The predicted molar refractivity (Wildman–Crippen MR) is 396 cm³/mol. The molecule has 500 valence electrons. The molecule has 12 nitrogen and oxygen atoms in total. The average molecular weight is 1400 g/mol. The number of rotatable bonds is 16. The number of hydrogen-bond donors (Lipinski definition) is 3. The Morgan fingerprint density at radius 1 is 0.282 bits per heavy atom. The summed E-state index contributed by atoms with van der Waals surface area (Å²) in [6.45, 7) is 19.3. The number of nitrogens with one attached hydrogen (secondary N) is 7. The van der Waals surface area contributed by atoms with Crippen LogP contribution in [-0.4, -0.2) is 24.9 Å². The molecule has 0 aliphatic carbocycles. The first-order valence-electron chi connectivity index (χ1n) is 34.6. The largest absolute Gasteiger partial charge is 1.00 e. The third kappa shape index (κ3) is 23.8. The third-order valence-electron chi connectivity index (χ3n) is 17.4. The van der Waals surface area contributed by atoms with Crippen molar-refractivity contribution in [2.75, 3.05) is 0 Å². The quantitative estimate of drug-likeness (QED) is 0.0796. The molecule has 0 saturated carbocycles. The maximum atomic E-state index is 11.9. The van der Waals surface area contributed by atoms with Gasteiger partial charge >= 0.3 is 118 Å². The fourth-order valence-electron chi connectivity index (χ4n) is 11.9. The van der Waals surface area contributed by atoms with Gasteiger partial charge in [0.1, 0.15) is 0 Å². The number of H-pyrrole nitrogens is 4. The van der Waals surface area contributed by atoms with Crippen LogP contribution in [0.3, 0.4) is 0 Å². The molecule has 0 aliphatic heterocycles. The van der Waals surface area contributed by atoms with Crippen molar-refractivity contribution >= 4 is 91.2 Å². The first kappa shape index (κ1) is 86.1. The number of para-hydroxylation sites is 8. The molecule has 0 atom stereocenters. The van der Waals surface area contributed by atoms with Crippen LogP contribution in [0.1, 0.15) is 128 Å². The maximum absolute atomic E-state index is 11.9. The van der Waals surface area contributed by atoms with Crippen LogP contribution in [-0.2, 0) is 51.4 Å².